The molecular weight excluding hydrogens is 539 g/mol. The zero-order valence-corrected chi connectivity index (χ0v) is 22.8. The molecule has 4 aromatic rings. The molecular formula is C33H29FN2O6. The molecule has 0 saturated carbocycles. The van der Waals surface area contributed by atoms with Crippen molar-refractivity contribution in [2.24, 2.45) is 0 Å². The maximum absolute atomic E-state index is 14.2. The van der Waals surface area contributed by atoms with E-state index in [4.69, 9.17) is 9.47 Å². The van der Waals surface area contributed by atoms with Crippen molar-refractivity contribution in [2.75, 3.05) is 11.9 Å². The Hall–Kier alpha value is -5.02. The Bertz CT molecular complexity index is 1560. The molecule has 1 aliphatic carbocycles. The molecule has 4 aromatic carbocycles. The van der Waals surface area contributed by atoms with Crippen LogP contribution in [-0.4, -0.2) is 41.8 Å². The number of amides is 2. The normalized spacial score (nSPS) is 13.4. The number of aliphatic carboxylic acids is 1. The summed E-state index contributed by atoms with van der Waals surface area (Å²) in [6.45, 7) is 1.69. The third-order valence-electron chi connectivity index (χ3n) is 7.18. The van der Waals surface area contributed by atoms with Gasteiger partial charge in [-0.1, -0.05) is 78.9 Å². The summed E-state index contributed by atoms with van der Waals surface area (Å²) in [6.07, 6.45) is -1.76. The van der Waals surface area contributed by atoms with Crippen molar-refractivity contribution >= 4 is 23.7 Å². The van der Waals surface area contributed by atoms with Crippen molar-refractivity contribution < 1.29 is 33.4 Å². The van der Waals surface area contributed by atoms with Gasteiger partial charge in [-0.25, -0.2) is 14.0 Å². The molecule has 0 aromatic heterocycles. The molecule has 214 valence electrons. The highest BCUT2D eigenvalue weighted by molar-refractivity contribution is 6.04. The molecule has 0 aliphatic heterocycles. The Kier molecular flexibility index (Phi) is 8.59. The average molecular weight is 569 g/mol. The van der Waals surface area contributed by atoms with Crippen LogP contribution >= 0.6 is 0 Å². The third kappa shape index (κ3) is 6.31. The van der Waals surface area contributed by atoms with E-state index in [1.54, 1.807) is 0 Å². The molecule has 0 radical (unpaired) electrons. The molecule has 2 amide bonds. The summed E-state index contributed by atoms with van der Waals surface area (Å²) in [5.74, 6) is -3.14. The van der Waals surface area contributed by atoms with Crippen molar-refractivity contribution in [1.82, 2.24) is 5.32 Å². The number of carboxylic acids is 1. The summed E-state index contributed by atoms with van der Waals surface area (Å²) in [6, 6.07) is 26.7. The highest BCUT2D eigenvalue weighted by atomic mass is 19.1. The highest BCUT2D eigenvalue weighted by Crippen LogP contribution is 2.44. The summed E-state index contributed by atoms with van der Waals surface area (Å²) in [4.78, 5) is 38.0. The van der Waals surface area contributed by atoms with Crippen LogP contribution in [0.3, 0.4) is 0 Å². The Balaban J connectivity index is 1.25. The lowest BCUT2D eigenvalue weighted by atomic mass is 9.98. The van der Waals surface area contributed by atoms with Gasteiger partial charge in [0, 0.05) is 5.92 Å². The Morgan fingerprint density at radius 2 is 1.50 bits per heavy atom. The Morgan fingerprint density at radius 3 is 2.14 bits per heavy atom. The number of hydrogen-bond donors (Lipinski definition) is 3. The van der Waals surface area contributed by atoms with Gasteiger partial charge in [0.05, 0.1) is 24.0 Å². The number of nitrogens with one attached hydrogen (secondary N) is 2. The molecule has 9 heteroatoms. The lowest BCUT2D eigenvalue weighted by molar-refractivity contribution is -0.143. The standard InChI is InChI=1S/C33H29FN2O6/c1-20(41-18-21-9-3-2-4-10-21)30(32(38)39)36-31(37)27-17-22(34)15-16-29(27)35-33(40)42-19-28-25-13-7-5-11-23(25)24-12-6-8-14-26(24)28/h2-17,20,28,30H,18-19H2,1H3,(H,35,40)(H,36,37)(H,38,39)/t20-,30+/m0/s1. The van der Waals surface area contributed by atoms with E-state index in [1.165, 1.54) is 13.0 Å². The number of fused-ring (bicyclic) bond motifs is 3. The number of anilines is 1. The minimum atomic E-state index is -1.44. The molecule has 0 heterocycles. The van der Waals surface area contributed by atoms with E-state index >= 15 is 0 Å². The molecule has 8 nitrogen and oxygen atoms in total. The summed E-state index contributed by atoms with van der Waals surface area (Å²) >= 11 is 0. The zero-order chi connectivity index (χ0) is 29.6. The summed E-state index contributed by atoms with van der Waals surface area (Å²) in [5.41, 5.74) is 4.77. The number of rotatable bonds is 10. The van der Waals surface area contributed by atoms with E-state index in [2.05, 4.69) is 10.6 Å². The van der Waals surface area contributed by atoms with Crippen molar-refractivity contribution in [3.8, 4) is 11.1 Å². The van der Waals surface area contributed by atoms with Crippen LogP contribution in [0.15, 0.2) is 97.1 Å². The highest BCUT2D eigenvalue weighted by Gasteiger charge is 2.31. The second kappa shape index (κ2) is 12.7. The largest absolute Gasteiger partial charge is 0.480 e. The predicted molar refractivity (Wildman–Crippen MR) is 155 cm³/mol. The average Bonchev–Trinajstić information content (AvgIpc) is 3.32. The van der Waals surface area contributed by atoms with E-state index in [0.717, 1.165) is 39.9 Å². The van der Waals surface area contributed by atoms with Crippen LogP contribution in [0.4, 0.5) is 14.9 Å². The van der Waals surface area contributed by atoms with Crippen LogP contribution < -0.4 is 10.6 Å². The fourth-order valence-corrected chi connectivity index (χ4v) is 5.05. The van der Waals surface area contributed by atoms with Gasteiger partial charge < -0.3 is 19.9 Å². The fourth-order valence-electron chi connectivity index (χ4n) is 5.05. The van der Waals surface area contributed by atoms with Crippen LogP contribution in [-0.2, 0) is 20.9 Å². The van der Waals surface area contributed by atoms with Gasteiger partial charge in [-0.05, 0) is 52.9 Å². The SMILES string of the molecule is C[C@H](OCc1ccccc1)[C@@H](NC(=O)c1cc(F)ccc1NC(=O)OCC1c2ccccc2-c2ccccc21)C(=O)O. The first kappa shape index (κ1) is 28.5. The lowest BCUT2D eigenvalue weighted by Gasteiger charge is -2.22. The van der Waals surface area contributed by atoms with Gasteiger partial charge in [-0.3, -0.25) is 10.1 Å². The quantitative estimate of drug-likeness (QED) is 0.217. The first-order valence-corrected chi connectivity index (χ1v) is 13.4. The first-order chi connectivity index (χ1) is 20.3. The summed E-state index contributed by atoms with van der Waals surface area (Å²) in [7, 11) is 0. The van der Waals surface area contributed by atoms with Gasteiger partial charge >= 0.3 is 12.1 Å². The van der Waals surface area contributed by atoms with Gasteiger partial charge in [-0.15, -0.1) is 0 Å². The zero-order valence-electron chi connectivity index (χ0n) is 22.8. The molecule has 0 saturated heterocycles. The molecule has 3 N–H and O–H groups in total. The van der Waals surface area contributed by atoms with Gasteiger partial charge in [0.1, 0.15) is 12.4 Å². The van der Waals surface area contributed by atoms with Gasteiger partial charge in [-0.2, -0.15) is 0 Å². The summed E-state index contributed by atoms with van der Waals surface area (Å²) < 4.78 is 25.4. The lowest BCUT2D eigenvalue weighted by Crippen LogP contribution is -2.48. The second-order valence-electron chi connectivity index (χ2n) is 9.93. The molecule has 0 unspecified atom stereocenters. The molecule has 5 rings (SSSR count). The van der Waals surface area contributed by atoms with Crippen molar-refractivity contribution in [3.63, 3.8) is 0 Å². The van der Waals surface area contributed by atoms with Gasteiger partial charge in [0.25, 0.3) is 5.91 Å². The van der Waals surface area contributed by atoms with Crippen molar-refractivity contribution in [3.05, 3.63) is 125 Å². The monoisotopic (exact) mass is 568 g/mol. The van der Waals surface area contributed by atoms with E-state index < -0.39 is 35.9 Å². The number of carbonyl (C=O) groups excluding carboxylic acids is 2. The second-order valence-corrected chi connectivity index (χ2v) is 9.93. The number of carbonyl (C=O) groups is 3. The maximum atomic E-state index is 14.2. The van der Waals surface area contributed by atoms with E-state index in [0.29, 0.717) is 0 Å². The minimum Gasteiger partial charge on any atom is -0.480 e. The fraction of sp³-hybridized carbons (Fsp3) is 0.182. The van der Waals surface area contributed by atoms with Crippen molar-refractivity contribution in [1.29, 1.82) is 0 Å². The first-order valence-electron chi connectivity index (χ1n) is 13.4. The molecule has 0 bridgehead atoms. The molecule has 42 heavy (non-hydrogen) atoms. The predicted octanol–water partition coefficient (Wildman–Crippen LogP) is 5.98. The van der Waals surface area contributed by atoms with E-state index in [-0.39, 0.29) is 30.4 Å². The number of ether oxygens (including phenoxy) is 2. The van der Waals surface area contributed by atoms with Crippen LogP contribution in [0.1, 0.15) is 39.9 Å². The van der Waals surface area contributed by atoms with E-state index in [1.807, 2.05) is 78.9 Å². The molecule has 0 fully saturated rings. The van der Waals surface area contributed by atoms with Gasteiger partial charge in [0.15, 0.2) is 6.04 Å². The van der Waals surface area contributed by atoms with Gasteiger partial charge in [0.2, 0.25) is 0 Å². The third-order valence-corrected chi connectivity index (χ3v) is 7.18. The van der Waals surface area contributed by atoms with Crippen LogP contribution in [0.2, 0.25) is 0 Å². The maximum Gasteiger partial charge on any atom is 0.411 e. The minimum absolute atomic E-state index is 0.0342. The Morgan fingerprint density at radius 1 is 0.881 bits per heavy atom. The molecule has 1 aliphatic rings. The van der Waals surface area contributed by atoms with Crippen molar-refractivity contribution in [2.45, 2.75) is 31.6 Å². The molecule has 0 spiro atoms. The topological polar surface area (TPSA) is 114 Å². The van der Waals surface area contributed by atoms with E-state index in [9.17, 15) is 23.9 Å². The van der Waals surface area contributed by atoms with Crippen LogP contribution in [0.25, 0.3) is 11.1 Å². The summed E-state index contributed by atoms with van der Waals surface area (Å²) in [5, 5.41) is 14.6. The van der Waals surface area contributed by atoms with Crippen LogP contribution in [0.5, 0.6) is 0 Å². The number of benzene rings is 4. The number of hydrogen-bond acceptors (Lipinski definition) is 5. The van der Waals surface area contributed by atoms with Crippen LogP contribution in [0, 0.1) is 5.82 Å². The smallest absolute Gasteiger partial charge is 0.411 e. The number of halogens is 1. The molecule has 2 atom stereocenters. The number of carboxylic acid groups (broad SMARTS) is 1. The Labute approximate surface area is 242 Å².